The molecule has 0 unspecified atom stereocenters. The van der Waals surface area contributed by atoms with Crippen molar-refractivity contribution < 1.29 is 4.42 Å². The fourth-order valence-electron chi connectivity index (χ4n) is 1.75. The van der Waals surface area contributed by atoms with E-state index in [1.165, 1.54) is 0 Å². The maximum absolute atomic E-state index is 8.59. The van der Waals surface area contributed by atoms with Crippen LogP contribution in [0.25, 0.3) is 0 Å². The van der Waals surface area contributed by atoms with E-state index < -0.39 is 0 Å². The van der Waals surface area contributed by atoms with Crippen LogP contribution in [0.3, 0.4) is 0 Å². The smallest absolute Gasteiger partial charge is 0.197 e. The van der Waals surface area contributed by atoms with Crippen molar-refractivity contribution >= 4 is 35.1 Å². The Labute approximate surface area is 138 Å². The first kappa shape index (κ1) is 16.6. The van der Waals surface area contributed by atoms with Crippen molar-refractivity contribution in [3.05, 3.63) is 23.7 Å². The number of nitriles is 1. The van der Waals surface area contributed by atoms with Crippen molar-refractivity contribution in [2.24, 2.45) is 0 Å². The van der Waals surface area contributed by atoms with Gasteiger partial charge >= 0.3 is 0 Å². The van der Waals surface area contributed by atoms with Crippen LogP contribution in [-0.4, -0.2) is 40.0 Å². The molecule has 7 nitrogen and oxygen atoms in total. The predicted molar refractivity (Wildman–Crippen MR) is 89.9 cm³/mol. The van der Waals surface area contributed by atoms with Gasteiger partial charge in [0.25, 0.3) is 0 Å². The van der Waals surface area contributed by atoms with Crippen molar-refractivity contribution in [3.8, 4) is 6.19 Å². The molecule has 0 amide bonds. The zero-order valence-corrected chi connectivity index (χ0v) is 14.1. The van der Waals surface area contributed by atoms with Crippen molar-refractivity contribution in [3.63, 3.8) is 0 Å². The second-order valence-electron chi connectivity index (χ2n) is 4.78. The van der Waals surface area contributed by atoms with Gasteiger partial charge in [0.05, 0.1) is 24.0 Å². The van der Waals surface area contributed by atoms with E-state index in [2.05, 4.69) is 24.3 Å². The van der Waals surface area contributed by atoms with E-state index >= 15 is 0 Å². The average Bonchev–Trinajstić information content (AvgIpc) is 3.08. The van der Waals surface area contributed by atoms with Crippen LogP contribution >= 0.6 is 23.5 Å². The minimum atomic E-state index is 0.483. The van der Waals surface area contributed by atoms with Gasteiger partial charge in [0.1, 0.15) is 11.5 Å². The molecule has 0 saturated heterocycles. The minimum Gasteiger partial charge on any atom is -0.464 e. The second kappa shape index (κ2) is 8.63. The molecule has 2 heterocycles. The molecule has 0 radical (unpaired) electrons. The molecule has 118 valence electrons. The molecule has 2 rings (SSSR count). The molecule has 0 aliphatic rings. The molecule has 2 N–H and O–H groups in total. The molecule has 0 fully saturated rings. The van der Waals surface area contributed by atoms with Crippen molar-refractivity contribution in [2.75, 3.05) is 37.0 Å². The van der Waals surface area contributed by atoms with Gasteiger partial charge in [-0.15, -0.1) is 0 Å². The normalized spacial score (nSPS) is 10.6. The highest BCUT2D eigenvalue weighted by Crippen LogP contribution is 2.19. The largest absolute Gasteiger partial charge is 0.464 e. The molecule has 9 heteroatoms. The topological polar surface area (TPSA) is 90.0 Å². The van der Waals surface area contributed by atoms with Crippen LogP contribution in [0.5, 0.6) is 0 Å². The highest BCUT2D eigenvalue weighted by molar-refractivity contribution is 7.98. The number of hydrogen-bond acceptors (Lipinski definition) is 9. The van der Waals surface area contributed by atoms with Gasteiger partial charge in [-0.2, -0.15) is 25.8 Å². The maximum Gasteiger partial charge on any atom is 0.197 e. The van der Waals surface area contributed by atoms with Crippen molar-refractivity contribution in [1.82, 2.24) is 13.6 Å². The van der Waals surface area contributed by atoms with Gasteiger partial charge in [-0.3, -0.25) is 5.32 Å². The van der Waals surface area contributed by atoms with Gasteiger partial charge in [-0.25, -0.2) is 0 Å². The lowest BCUT2D eigenvalue weighted by molar-refractivity contribution is 0.344. The summed E-state index contributed by atoms with van der Waals surface area (Å²) < 4.78 is 13.8. The first-order valence-electron chi connectivity index (χ1n) is 6.70. The van der Waals surface area contributed by atoms with Gasteiger partial charge in [0.15, 0.2) is 17.8 Å². The van der Waals surface area contributed by atoms with E-state index in [4.69, 9.17) is 9.68 Å². The summed E-state index contributed by atoms with van der Waals surface area (Å²) in [4.78, 5) is 2.08. The number of nitrogens with one attached hydrogen (secondary N) is 2. The summed E-state index contributed by atoms with van der Waals surface area (Å²) in [5.74, 6) is 4.83. The van der Waals surface area contributed by atoms with Crippen molar-refractivity contribution in [2.45, 2.75) is 12.3 Å². The summed E-state index contributed by atoms with van der Waals surface area (Å²) in [7, 11) is 4.04. The van der Waals surface area contributed by atoms with E-state index in [1.807, 2.05) is 32.4 Å². The molecule has 0 saturated carbocycles. The third-order valence-electron chi connectivity index (χ3n) is 2.64. The van der Waals surface area contributed by atoms with E-state index in [0.29, 0.717) is 11.6 Å². The third kappa shape index (κ3) is 5.22. The SMILES string of the molecule is CN(C)Cc1ccc(CSCCNc2nsnc2NC#N)o1. The number of hydrogen-bond donors (Lipinski definition) is 2. The summed E-state index contributed by atoms with van der Waals surface area (Å²) in [5, 5.41) is 14.2. The Bertz CT molecular complexity index is 618. The van der Waals surface area contributed by atoms with E-state index in [-0.39, 0.29) is 0 Å². The Morgan fingerprint density at radius 2 is 2.09 bits per heavy atom. The molecule has 0 aromatic carbocycles. The minimum absolute atomic E-state index is 0.483. The highest BCUT2D eigenvalue weighted by atomic mass is 32.2. The van der Waals surface area contributed by atoms with Crippen LogP contribution in [0.1, 0.15) is 11.5 Å². The van der Waals surface area contributed by atoms with Crippen LogP contribution < -0.4 is 10.6 Å². The predicted octanol–water partition coefficient (Wildman–Crippen LogP) is 2.43. The van der Waals surface area contributed by atoms with Crippen molar-refractivity contribution in [1.29, 1.82) is 5.26 Å². The number of anilines is 2. The highest BCUT2D eigenvalue weighted by Gasteiger charge is 2.07. The van der Waals surface area contributed by atoms with E-state index in [9.17, 15) is 0 Å². The van der Waals surface area contributed by atoms with Crippen LogP contribution in [0, 0.1) is 11.5 Å². The Hall–Kier alpha value is -1.76. The number of nitrogens with zero attached hydrogens (tertiary/aromatic N) is 4. The van der Waals surface area contributed by atoms with Crippen LogP contribution in [0.15, 0.2) is 16.5 Å². The van der Waals surface area contributed by atoms with Gasteiger partial charge in [0.2, 0.25) is 0 Å². The van der Waals surface area contributed by atoms with Gasteiger partial charge in [-0.1, -0.05) is 0 Å². The molecule has 2 aromatic rings. The summed E-state index contributed by atoms with van der Waals surface area (Å²) >= 11 is 2.85. The number of thioether (sulfide) groups is 1. The summed E-state index contributed by atoms with van der Waals surface area (Å²) in [6, 6.07) is 4.05. The Balaban J connectivity index is 1.66. The molecule has 0 aliphatic heterocycles. The first-order chi connectivity index (χ1) is 10.7. The number of rotatable bonds is 9. The number of furan rings is 1. The molecule has 0 aliphatic carbocycles. The third-order valence-corrected chi connectivity index (χ3v) is 4.15. The van der Waals surface area contributed by atoms with Crippen LogP contribution in [0.2, 0.25) is 0 Å². The fourth-order valence-corrected chi connectivity index (χ4v) is 2.98. The standard InChI is InChI=1S/C13H18N6OS2/c1-19(2)7-10-3-4-11(20-10)8-21-6-5-15-12-13(16-9-14)18-22-17-12/h3-4H,5-8H2,1-2H3,(H,15,17)(H,16,18). The number of aromatic nitrogens is 2. The molecule has 0 atom stereocenters. The molecule has 2 aromatic heterocycles. The monoisotopic (exact) mass is 338 g/mol. The zero-order chi connectivity index (χ0) is 15.8. The van der Waals surface area contributed by atoms with Crippen LogP contribution in [0.4, 0.5) is 11.6 Å². The summed E-state index contributed by atoms with van der Waals surface area (Å²) in [6.45, 7) is 1.57. The van der Waals surface area contributed by atoms with Gasteiger partial charge in [-0.05, 0) is 26.2 Å². The quantitative estimate of drug-likeness (QED) is 0.409. The molecule has 22 heavy (non-hydrogen) atoms. The van der Waals surface area contributed by atoms with Crippen LogP contribution in [-0.2, 0) is 12.3 Å². The molecule has 0 bridgehead atoms. The Morgan fingerprint density at radius 3 is 2.86 bits per heavy atom. The van der Waals surface area contributed by atoms with Gasteiger partial charge in [0, 0.05) is 12.3 Å². The Kier molecular flexibility index (Phi) is 6.51. The maximum atomic E-state index is 8.59. The molecular weight excluding hydrogens is 320 g/mol. The Morgan fingerprint density at radius 1 is 1.32 bits per heavy atom. The van der Waals surface area contributed by atoms with E-state index in [1.54, 1.807) is 11.8 Å². The molecule has 0 spiro atoms. The lowest BCUT2D eigenvalue weighted by Crippen LogP contribution is -2.09. The average molecular weight is 338 g/mol. The lowest BCUT2D eigenvalue weighted by atomic mass is 10.4. The van der Waals surface area contributed by atoms with Gasteiger partial charge < -0.3 is 14.6 Å². The van der Waals surface area contributed by atoms with E-state index in [0.717, 1.165) is 47.8 Å². The lowest BCUT2D eigenvalue weighted by Gasteiger charge is -2.06. The fraction of sp³-hybridized carbons (Fsp3) is 0.462. The zero-order valence-electron chi connectivity index (χ0n) is 12.5. The summed E-state index contributed by atoms with van der Waals surface area (Å²) in [6.07, 6.45) is 1.84. The summed E-state index contributed by atoms with van der Waals surface area (Å²) in [5.41, 5.74) is 0. The second-order valence-corrected chi connectivity index (χ2v) is 6.42. The first-order valence-corrected chi connectivity index (χ1v) is 8.59. The molecular formula is C13H18N6OS2.